The SMILES string of the molecule is CC1(C)CCCC1NC(=O)c1ccc(O)cc1. The Labute approximate surface area is 102 Å². The van der Waals surface area contributed by atoms with Gasteiger partial charge in [0.05, 0.1) is 0 Å². The zero-order valence-corrected chi connectivity index (χ0v) is 10.4. The van der Waals surface area contributed by atoms with Gasteiger partial charge in [0.25, 0.3) is 5.91 Å². The summed E-state index contributed by atoms with van der Waals surface area (Å²) in [4.78, 5) is 12.0. The Morgan fingerprint density at radius 3 is 2.53 bits per heavy atom. The first-order chi connectivity index (χ1) is 7.99. The summed E-state index contributed by atoms with van der Waals surface area (Å²) >= 11 is 0. The van der Waals surface area contributed by atoms with Gasteiger partial charge in [-0.25, -0.2) is 0 Å². The molecule has 0 aromatic heterocycles. The van der Waals surface area contributed by atoms with Crippen LogP contribution in [-0.4, -0.2) is 17.1 Å². The van der Waals surface area contributed by atoms with Gasteiger partial charge in [0.2, 0.25) is 0 Å². The quantitative estimate of drug-likeness (QED) is 0.825. The number of phenols is 1. The summed E-state index contributed by atoms with van der Waals surface area (Å²) in [6, 6.07) is 6.62. The van der Waals surface area contributed by atoms with E-state index in [1.54, 1.807) is 12.1 Å². The third kappa shape index (κ3) is 2.60. The molecule has 0 bridgehead atoms. The van der Waals surface area contributed by atoms with E-state index in [4.69, 9.17) is 0 Å². The number of hydrogen-bond acceptors (Lipinski definition) is 2. The number of carbonyl (C=O) groups is 1. The minimum Gasteiger partial charge on any atom is -0.508 e. The molecule has 92 valence electrons. The van der Waals surface area contributed by atoms with Crippen LogP contribution >= 0.6 is 0 Å². The van der Waals surface area contributed by atoms with E-state index in [9.17, 15) is 9.90 Å². The van der Waals surface area contributed by atoms with Crippen LogP contribution in [0.3, 0.4) is 0 Å². The highest BCUT2D eigenvalue weighted by Gasteiger charge is 2.35. The van der Waals surface area contributed by atoms with E-state index >= 15 is 0 Å². The number of nitrogens with one attached hydrogen (secondary N) is 1. The van der Waals surface area contributed by atoms with E-state index in [1.165, 1.54) is 18.6 Å². The average molecular weight is 233 g/mol. The van der Waals surface area contributed by atoms with Crippen LogP contribution in [0.4, 0.5) is 0 Å². The molecule has 3 nitrogen and oxygen atoms in total. The van der Waals surface area contributed by atoms with Crippen LogP contribution in [-0.2, 0) is 0 Å². The van der Waals surface area contributed by atoms with Crippen LogP contribution in [0.25, 0.3) is 0 Å². The van der Waals surface area contributed by atoms with Crippen LogP contribution in [0.1, 0.15) is 43.5 Å². The second-order valence-corrected chi connectivity index (χ2v) is 5.45. The van der Waals surface area contributed by atoms with E-state index in [2.05, 4.69) is 19.2 Å². The zero-order valence-electron chi connectivity index (χ0n) is 10.4. The van der Waals surface area contributed by atoms with E-state index in [0.717, 1.165) is 12.8 Å². The van der Waals surface area contributed by atoms with Crippen LogP contribution in [0.2, 0.25) is 0 Å². The van der Waals surface area contributed by atoms with Crippen molar-refractivity contribution in [3.05, 3.63) is 29.8 Å². The lowest BCUT2D eigenvalue weighted by Crippen LogP contribution is -2.41. The Morgan fingerprint density at radius 2 is 2.00 bits per heavy atom. The van der Waals surface area contributed by atoms with Crippen LogP contribution in [0.15, 0.2) is 24.3 Å². The molecular weight excluding hydrogens is 214 g/mol. The van der Waals surface area contributed by atoms with E-state index in [0.29, 0.717) is 5.56 Å². The van der Waals surface area contributed by atoms with Crippen LogP contribution in [0.5, 0.6) is 5.75 Å². The van der Waals surface area contributed by atoms with Crippen molar-refractivity contribution in [2.45, 2.75) is 39.2 Å². The summed E-state index contributed by atoms with van der Waals surface area (Å²) in [5, 5.41) is 12.3. The number of amides is 1. The number of aromatic hydroxyl groups is 1. The first-order valence-corrected chi connectivity index (χ1v) is 6.09. The number of benzene rings is 1. The third-order valence-electron chi connectivity index (χ3n) is 3.69. The predicted octanol–water partition coefficient (Wildman–Crippen LogP) is 2.70. The van der Waals surface area contributed by atoms with Gasteiger partial charge in [0.15, 0.2) is 0 Å². The molecule has 0 saturated heterocycles. The highest BCUT2D eigenvalue weighted by atomic mass is 16.3. The molecule has 0 radical (unpaired) electrons. The van der Waals surface area contributed by atoms with Crippen molar-refractivity contribution in [2.24, 2.45) is 5.41 Å². The summed E-state index contributed by atoms with van der Waals surface area (Å²) in [5.41, 5.74) is 0.789. The summed E-state index contributed by atoms with van der Waals surface area (Å²) in [5.74, 6) is 0.132. The van der Waals surface area contributed by atoms with Gasteiger partial charge in [-0.3, -0.25) is 4.79 Å². The summed E-state index contributed by atoms with van der Waals surface area (Å²) in [6.45, 7) is 4.39. The topological polar surface area (TPSA) is 49.3 Å². The molecule has 3 heteroatoms. The molecule has 0 aliphatic heterocycles. The standard InChI is InChI=1S/C14H19NO2/c1-14(2)9-3-4-12(14)15-13(17)10-5-7-11(16)8-6-10/h5-8,12,16H,3-4,9H2,1-2H3,(H,15,17). The maximum atomic E-state index is 12.0. The molecule has 1 aliphatic carbocycles. The Morgan fingerprint density at radius 1 is 1.35 bits per heavy atom. The van der Waals surface area contributed by atoms with Crippen molar-refractivity contribution in [2.75, 3.05) is 0 Å². The number of phenolic OH excluding ortho intramolecular Hbond substituents is 1. The van der Waals surface area contributed by atoms with Crippen molar-refractivity contribution in [1.82, 2.24) is 5.32 Å². The molecule has 17 heavy (non-hydrogen) atoms. The molecule has 1 saturated carbocycles. The van der Waals surface area contributed by atoms with Gasteiger partial charge in [-0.15, -0.1) is 0 Å². The minimum atomic E-state index is -0.0509. The lowest BCUT2D eigenvalue weighted by molar-refractivity contribution is 0.0910. The highest BCUT2D eigenvalue weighted by molar-refractivity contribution is 5.94. The van der Waals surface area contributed by atoms with E-state index in [1.807, 2.05) is 0 Å². The molecule has 1 aliphatic rings. The lowest BCUT2D eigenvalue weighted by atomic mass is 9.87. The highest BCUT2D eigenvalue weighted by Crippen LogP contribution is 2.37. The molecule has 0 heterocycles. The van der Waals surface area contributed by atoms with Gasteiger partial charge in [-0.05, 0) is 42.5 Å². The normalized spacial score (nSPS) is 22.4. The van der Waals surface area contributed by atoms with Gasteiger partial charge in [0.1, 0.15) is 5.75 Å². The van der Waals surface area contributed by atoms with Gasteiger partial charge < -0.3 is 10.4 Å². The van der Waals surface area contributed by atoms with E-state index in [-0.39, 0.29) is 23.1 Å². The fraction of sp³-hybridized carbons (Fsp3) is 0.500. The Balaban J connectivity index is 2.04. The van der Waals surface area contributed by atoms with Crippen molar-refractivity contribution in [3.63, 3.8) is 0 Å². The van der Waals surface area contributed by atoms with Crippen LogP contribution in [0, 0.1) is 5.41 Å². The van der Waals surface area contributed by atoms with Gasteiger partial charge in [0, 0.05) is 11.6 Å². The molecule has 0 spiro atoms. The average Bonchev–Trinajstić information content (AvgIpc) is 2.59. The molecular formula is C14H19NO2. The number of rotatable bonds is 2. The van der Waals surface area contributed by atoms with Crippen LogP contribution < -0.4 is 5.32 Å². The molecule has 1 unspecified atom stereocenters. The lowest BCUT2D eigenvalue weighted by Gasteiger charge is -2.27. The third-order valence-corrected chi connectivity index (χ3v) is 3.69. The molecule has 1 fully saturated rings. The monoisotopic (exact) mass is 233 g/mol. The Kier molecular flexibility index (Phi) is 3.09. The first kappa shape index (κ1) is 12.0. The molecule has 1 amide bonds. The van der Waals surface area contributed by atoms with Crippen molar-refractivity contribution < 1.29 is 9.90 Å². The number of carbonyl (C=O) groups excluding carboxylic acids is 1. The van der Waals surface area contributed by atoms with Gasteiger partial charge in [-0.2, -0.15) is 0 Å². The fourth-order valence-electron chi connectivity index (χ4n) is 2.45. The number of hydrogen-bond donors (Lipinski definition) is 2. The second-order valence-electron chi connectivity index (χ2n) is 5.45. The predicted molar refractivity (Wildman–Crippen MR) is 67.0 cm³/mol. The van der Waals surface area contributed by atoms with Crippen molar-refractivity contribution in [1.29, 1.82) is 0 Å². The Hall–Kier alpha value is -1.51. The zero-order chi connectivity index (χ0) is 12.5. The van der Waals surface area contributed by atoms with Gasteiger partial charge >= 0.3 is 0 Å². The van der Waals surface area contributed by atoms with Gasteiger partial charge in [-0.1, -0.05) is 20.3 Å². The maximum Gasteiger partial charge on any atom is 0.251 e. The fourth-order valence-corrected chi connectivity index (χ4v) is 2.45. The molecule has 2 N–H and O–H groups in total. The smallest absolute Gasteiger partial charge is 0.251 e. The largest absolute Gasteiger partial charge is 0.508 e. The van der Waals surface area contributed by atoms with E-state index < -0.39 is 0 Å². The second kappa shape index (κ2) is 4.40. The molecule has 2 rings (SSSR count). The van der Waals surface area contributed by atoms with Crippen molar-refractivity contribution >= 4 is 5.91 Å². The minimum absolute atomic E-state index is 0.0509. The summed E-state index contributed by atoms with van der Waals surface area (Å²) in [6.07, 6.45) is 3.39. The molecule has 1 atom stereocenters. The summed E-state index contributed by atoms with van der Waals surface area (Å²) < 4.78 is 0. The maximum absolute atomic E-state index is 12.0. The Bertz CT molecular complexity index is 409. The molecule has 1 aromatic rings. The molecule has 1 aromatic carbocycles. The van der Waals surface area contributed by atoms with Crippen molar-refractivity contribution in [3.8, 4) is 5.75 Å². The summed E-state index contributed by atoms with van der Waals surface area (Å²) in [7, 11) is 0. The first-order valence-electron chi connectivity index (χ1n) is 6.09.